The second-order valence-electron chi connectivity index (χ2n) is 6.36. The molecule has 0 unspecified atom stereocenters. The van der Waals surface area contributed by atoms with Gasteiger partial charge in [-0.05, 0) is 66.8 Å². The van der Waals surface area contributed by atoms with E-state index < -0.39 is 5.97 Å². The van der Waals surface area contributed by atoms with E-state index in [0.717, 1.165) is 33.6 Å². The second-order valence-corrected chi connectivity index (χ2v) is 6.36. The third-order valence-electron chi connectivity index (χ3n) is 4.30. The molecule has 132 valence electrons. The molecule has 0 aliphatic rings. The monoisotopic (exact) mass is 346 g/mol. The minimum atomic E-state index is -0.420. The van der Waals surface area contributed by atoms with Gasteiger partial charge in [-0.2, -0.15) is 0 Å². The van der Waals surface area contributed by atoms with E-state index in [-0.39, 0.29) is 6.61 Å². The van der Waals surface area contributed by atoms with Gasteiger partial charge in [0.15, 0.2) is 6.61 Å². The maximum absolute atomic E-state index is 12.1. The molecule has 3 nitrogen and oxygen atoms in total. The SMILES string of the molecule is Cc1cc(C)c(C)c(OCC(=O)Oc2ccc(-c3ccccc3)cc2)c1. The van der Waals surface area contributed by atoms with E-state index in [9.17, 15) is 4.79 Å². The zero-order valence-corrected chi connectivity index (χ0v) is 15.3. The first-order chi connectivity index (χ1) is 12.5. The first-order valence-electron chi connectivity index (χ1n) is 8.60. The fourth-order valence-electron chi connectivity index (χ4n) is 2.79. The van der Waals surface area contributed by atoms with Crippen LogP contribution in [0.1, 0.15) is 16.7 Å². The number of aryl methyl sites for hydroxylation is 2. The zero-order valence-electron chi connectivity index (χ0n) is 15.3. The highest BCUT2D eigenvalue weighted by Gasteiger charge is 2.09. The molecule has 0 bridgehead atoms. The summed E-state index contributed by atoms with van der Waals surface area (Å²) in [5.41, 5.74) is 5.49. The molecule has 3 rings (SSSR count). The Bertz CT molecular complexity index is 897. The van der Waals surface area contributed by atoms with Gasteiger partial charge >= 0.3 is 5.97 Å². The molecule has 3 aromatic carbocycles. The molecule has 0 amide bonds. The summed E-state index contributed by atoms with van der Waals surface area (Å²) in [6.07, 6.45) is 0. The first-order valence-corrected chi connectivity index (χ1v) is 8.60. The van der Waals surface area contributed by atoms with Crippen molar-refractivity contribution in [1.29, 1.82) is 0 Å². The van der Waals surface area contributed by atoms with E-state index >= 15 is 0 Å². The molecule has 0 heterocycles. The summed E-state index contributed by atoms with van der Waals surface area (Å²) in [6, 6.07) is 21.5. The van der Waals surface area contributed by atoms with Gasteiger partial charge in [-0.1, -0.05) is 48.5 Å². The Labute approximate surface area is 154 Å². The molecule has 0 aromatic heterocycles. The lowest BCUT2D eigenvalue weighted by molar-refractivity contribution is -0.136. The van der Waals surface area contributed by atoms with Crippen molar-refractivity contribution in [2.24, 2.45) is 0 Å². The summed E-state index contributed by atoms with van der Waals surface area (Å²) < 4.78 is 11.0. The van der Waals surface area contributed by atoms with Crippen molar-refractivity contribution in [3.05, 3.63) is 83.4 Å². The van der Waals surface area contributed by atoms with Gasteiger partial charge in [-0.15, -0.1) is 0 Å². The predicted molar refractivity (Wildman–Crippen MR) is 104 cm³/mol. The highest BCUT2D eigenvalue weighted by Crippen LogP contribution is 2.24. The van der Waals surface area contributed by atoms with Crippen LogP contribution in [0.3, 0.4) is 0 Å². The van der Waals surface area contributed by atoms with Crippen LogP contribution >= 0.6 is 0 Å². The lowest BCUT2D eigenvalue weighted by Gasteiger charge is -2.12. The van der Waals surface area contributed by atoms with Gasteiger partial charge in [-0.3, -0.25) is 0 Å². The molecular weight excluding hydrogens is 324 g/mol. The molecule has 0 fully saturated rings. The molecular formula is C23H22O3. The largest absolute Gasteiger partial charge is 0.482 e. The maximum Gasteiger partial charge on any atom is 0.349 e. The van der Waals surface area contributed by atoms with Gasteiger partial charge in [0.1, 0.15) is 11.5 Å². The smallest absolute Gasteiger partial charge is 0.349 e. The molecule has 26 heavy (non-hydrogen) atoms. The summed E-state index contributed by atoms with van der Waals surface area (Å²) in [4.78, 5) is 12.1. The van der Waals surface area contributed by atoms with Crippen LogP contribution in [0.15, 0.2) is 66.7 Å². The number of carbonyl (C=O) groups is 1. The van der Waals surface area contributed by atoms with E-state index in [1.54, 1.807) is 12.1 Å². The topological polar surface area (TPSA) is 35.5 Å². The average Bonchev–Trinajstić information content (AvgIpc) is 2.65. The van der Waals surface area contributed by atoms with E-state index in [1.165, 1.54) is 0 Å². The predicted octanol–water partition coefficient (Wildman–Crippen LogP) is 5.26. The number of rotatable bonds is 5. The Morgan fingerprint density at radius 2 is 1.50 bits per heavy atom. The van der Waals surface area contributed by atoms with Crippen molar-refractivity contribution in [1.82, 2.24) is 0 Å². The van der Waals surface area contributed by atoms with Crippen LogP contribution < -0.4 is 9.47 Å². The minimum Gasteiger partial charge on any atom is -0.482 e. The third kappa shape index (κ3) is 4.31. The quantitative estimate of drug-likeness (QED) is 0.467. The molecule has 0 aliphatic carbocycles. The fraction of sp³-hybridized carbons (Fsp3) is 0.174. The van der Waals surface area contributed by atoms with Crippen molar-refractivity contribution in [2.45, 2.75) is 20.8 Å². The highest BCUT2D eigenvalue weighted by molar-refractivity contribution is 5.74. The standard InChI is InChI=1S/C23H22O3/c1-16-13-17(2)18(3)22(14-16)25-15-23(24)26-21-11-9-20(10-12-21)19-7-5-4-6-8-19/h4-14H,15H2,1-3H3. The highest BCUT2D eigenvalue weighted by atomic mass is 16.6. The van der Waals surface area contributed by atoms with E-state index in [4.69, 9.17) is 9.47 Å². The molecule has 3 heteroatoms. The van der Waals surface area contributed by atoms with E-state index in [1.807, 2.05) is 69.3 Å². The van der Waals surface area contributed by atoms with Gasteiger partial charge < -0.3 is 9.47 Å². The van der Waals surface area contributed by atoms with Gasteiger partial charge in [-0.25, -0.2) is 4.79 Å². The molecule has 0 saturated heterocycles. The number of hydrogen-bond acceptors (Lipinski definition) is 3. The first kappa shape index (κ1) is 17.7. The Hall–Kier alpha value is -3.07. The molecule has 0 N–H and O–H groups in total. The van der Waals surface area contributed by atoms with Crippen LogP contribution in [0, 0.1) is 20.8 Å². The Morgan fingerprint density at radius 3 is 2.19 bits per heavy atom. The molecule has 0 spiro atoms. The van der Waals surface area contributed by atoms with Crippen molar-refractivity contribution in [3.8, 4) is 22.6 Å². The Balaban J connectivity index is 1.60. The van der Waals surface area contributed by atoms with Crippen LogP contribution in [0.2, 0.25) is 0 Å². The fourth-order valence-corrected chi connectivity index (χ4v) is 2.79. The minimum absolute atomic E-state index is 0.121. The summed E-state index contributed by atoms with van der Waals surface area (Å²) in [5, 5.41) is 0. The number of carbonyl (C=O) groups excluding carboxylic acids is 1. The van der Waals surface area contributed by atoms with Gasteiger partial charge in [0.05, 0.1) is 0 Å². The van der Waals surface area contributed by atoms with Gasteiger partial charge in [0, 0.05) is 0 Å². The van der Waals surface area contributed by atoms with Gasteiger partial charge in [0.2, 0.25) is 0 Å². The lowest BCUT2D eigenvalue weighted by Crippen LogP contribution is -2.18. The molecule has 3 aromatic rings. The Kier molecular flexibility index (Phi) is 5.37. The molecule has 0 saturated carbocycles. The van der Waals surface area contributed by atoms with Crippen LogP contribution in [0.25, 0.3) is 11.1 Å². The van der Waals surface area contributed by atoms with Crippen LogP contribution in [-0.4, -0.2) is 12.6 Å². The van der Waals surface area contributed by atoms with Crippen LogP contribution in [-0.2, 0) is 4.79 Å². The van der Waals surface area contributed by atoms with Crippen molar-refractivity contribution >= 4 is 5.97 Å². The Morgan fingerprint density at radius 1 is 0.846 bits per heavy atom. The van der Waals surface area contributed by atoms with Crippen molar-refractivity contribution < 1.29 is 14.3 Å². The van der Waals surface area contributed by atoms with Crippen LogP contribution in [0.4, 0.5) is 0 Å². The molecule has 0 atom stereocenters. The summed E-state index contributed by atoms with van der Waals surface area (Å²) >= 11 is 0. The third-order valence-corrected chi connectivity index (χ3v) is 4.30. The number of benzene rings is 3. The summed E-state index contributed by atoms with van der Waals surface area (Å²) in [7, 11) is 0. The normalized spacial score (nSPS) is 10.4. The van der Waals surface area contributed by atoms with E-state index in [0.29, 0.717) is 5.75 Å². The number of ether oxygens (including phenoxy) is 2. The molecule has 0 radical (unpaired) electrons. The van der Waals surface area contributed by atoms with E-state index in [2.05, 4.69) is 6.07 Å². The van der Waals surface area contributed by atoms with Gasteiger partial charge in [0.25, 0.3) is 0 Å². The van der Waals surface area contributed by atoms with Crippen molar-refractivity contribution in [3.63, 3.8) is 0 Å². The lowest BCUT2D eigenvalue weighted by atomic mass is 10.1. The number of hydrogen-bond donors (Lipinski definition) is 0. The molecule has 0 aliphatic heterocycles. The van der Waals surface area contributed by atoms with Crippen molar-refractivity contribution in [2.75, 3.05) is 6.61 Å². The van der Waals surface area contributed by atoms with Crippen LogP contribution in [0.5, 0.6) is 11.5 Å². The summed E-state index contributed by atoms with van der Waals surface area (Å²) in [6.45, 7) is 5.90. The zero-order chi connectivity index (χ0) is 18.5. The number of esters is 1. The maximum atomic E-state index is 12.1. The summed E-state index contributed by atoms with van der Waals surface area (Å²) in [5.74, 6) is 0.810. The second kappa shape index (κ2) is 7.87. The average molecular weight is 346 g/mol.